The number of rotatable bonds is 5. The highest BCUT2D eigenvalue weighted by Crippen LogP contribution is 2.27. The van der Waals surface area contributed by atoms with Gasteiger partial charge in [0.05, 0.1) is 0 Å². The molecule has 2 fully saturated rings. The maximum Gasteiger partial charge on any atom is 0.403 e. The van der Waals surface area contributed by atoms with E-state index < -0.39 is 12.2 Å². The van der Waals surface area contributed by atoms with Gasteiger partial charge in [-0.15, -0.1) is 0 Å². The Kier molecular flexibility index (Phi) is 5.78. The van der Waals surface area contributed by atoms with Gasteiger partial charge < -0.3 is 10.2 Å². The van der Waals surface area contributed by atoms with Crippen LogP contribution in [0.4, 0.5) is 18.0 Å². The quantitative estimate of drug-likeness (QED) is 0.831. The molecule has 1 N–H and O–H groups in total. The Morgan fingerprint density at radius 2 is 1.78 bits per heavy atom. The lowest BCUT2D eigenvalue weighted by Gasteiger charge is -2.38. The van der Waals surface area contributed by atoms with Crippen LogP contribution >= 0.6 is 0 Å². The average molecular weight is 336 g/mol. The van der Waals surface area contributed by atoms with E-state index in [-0.39, 0.29) is 25.2 Å². The largest absolute Gasteiger partial charge is 0.403 e. The third kappa shape index (κ3) is 4.97. The summed E-state index contributed by atoms with van der Waals surface area (Å²) in [4.78, 5) is 17.4. The highest BCUT2D eigenvalue weighted by molar-refractivity contribution is 5.74. The normalized spacial score (nSPS) is 23.0. The molecule has 23 heavy (non-hydrogen) atoms. The van der Waals surface area contributed by atoms with Crippen molar-refractivity contribution >= 4 is 6.03 Å². The molecule has 0 bridgehead atoms. The van der Waals surface area contributed by atoms with Crippen LogP contribution in [0, 0.1) is 0 Å². The number of urea groups is 1. The standard InChI is InChI=1S/C15H27F3N4O/c1-11(20(3)13-4-5-13)10-19-14(23)22-8-6-21(7-9-22)12(2)15(16,17)18/h11-13H,4-10H2,1-3H3,(H,19,23). The summed E-state index contributed by atoms with van der Waals surface area (Å²) < 4.78 is 38.1. The Hall–Kier alpha value is -1.02. The van der Waals surface area contributed by atoms with Crippen molar-refractivity contribution in [1.29, 1.82) is 0 Å². The van der Waals surface area contributed by atoms with Crippen molar-refractivity contribution in [3.8, 4) is 0 Å². The van der Waals surface area contributed by atoms with Crippen LogP contribution in [0.25, 0.3) is 0 Å². The zero-order valence-electron chi connectivity index (χ0n) is 14.1. The topological polar surface area (TPSA) is 38.8 Å². The second kappa shape index (κ2) is 7.25. The van der Waals surface area contributed by atoms with E-state index in [4.69, 9.17) is 0 Å². The van der Waals surface area contributed by atoms with Gasteiger partial charge >= 0.3 is 12.2 Å². The van der Waals surface area contributed by atoms with Crippen LogP contribution in [-0.2, 0) is 0 Å². The van der Waals surface area contributed by atoms with Crippen molar-refractivity contribution in [2.45, 2.75) is 51.0 Å². The van der Waals surface area contributed by atoms with Crippen molar-refractivity contribution in [2.75, 3.05) is 39.8 Å². The monoisotopic (exact) mass is 336 g/mol. The molecule has 1 aliphatic carbocycles. The second-order valence-electron chi connectivity index (χ2n) is 6.67. The lowest BCUT2D eigenvalue weighted by atomic mass is 10.2. The molecular formula is C15H27F3N4O. The van der Waals surface area contributed by atoms with Crippen LogP contribution in [0.3, 0.4) is 0 Å². The summed E-state index contributed by atoms with van der Waals surface area (Å²) in [5, 5.41) is 2.89. The molecule has 2 amide bonds. The molecule has 0 aromatic carbocycles. The summed E-state index contributed by atoms with van der Waals surface area (Å²) in [5.41, 5.74) is 0. The maximum atomic E-state index is 12.7. The molecule has 0 aromatic heterocycles. The van der Waals surface area contributed by atoms with E-state index >= 15 is 0 Å². The van der Waals surface area contributed by atoms with Crippen molar-refractivity contribution in [3.05, 3.63) is 0 Å². The summed E-state index contributed by atoms with van der Waals surface area (Å²) in [7, 11) is 2.06. The number of halogens is 3. The van der Waals surface area contributed by atoms with Gasteiger partial charge in [0.25, 0.3) is 0 Å². The fraction of sp³-hybridized carbons (Fsp3) is 0.933. The van der Waals surface area contributed by atoms with Crippen LogP contribution in [0.5, 0.6) is 0 Å². The molecule has 1 saturated carbocycles. The lowest BCUT2D eigenvalue weighted by Crippen LogP contribution is -2.57. The van der Waals surface area contributed by atoms with Gasteiger partial charge in [0, 0.05) is 44.8 Å². The van der Waals surface area contributed by atoms with Crippen LogP contribution in [-0.4, -0.2) is 84.8 Å². The van der Waals surface area contributed by atoms with E-state index in [9.17, 15) is 18.0 Å². The van der Waals surface area contributed by atoms with Gasteiger partial charge in [0.1, 0.15) is 6.04 Å². The molecule has 8 heteroatoms. The van der Waals surface area contributed by atoms with Gasteiger partial charge in [-0.05, 0) is 33.7 Å². The first kappa shape index (κ1) is 18.3. The molecule has 1 heterocycles. The van der Waals surface area contributed by atoms with E-state index in [0.29, 0.717) is 25.7 Å². The smallest absolute Gasteiger partial charge is 0.336 e. The molecule has 5 nitrogen and oxygen atoms in total. The minimum absolute atomic E-state index is 0.180. The first-order chi connectivity index (χ1) is 10.7. The van der Waals surface area contributed by atoms with E-state index in [1.54, 1.807) is 4.90 Å². The molecule has 2 aliphatic rings. The number of hydrogen-bond donors (Lipinski definition) is 1. The Bertz CT molecular complexity index is 406. The van der Waals surface area contributed by atoms with Crippen molar-refractivity contribution in [1.82, 2.24) is 20.0 Å². The zero-order chi connectivity index (χ0) is 17.2. The van der Waals surface area contributed by atoms with Crippen molar-refractivity contribution < 1.29 is 18.0 Å². The van der Waals surface area contributed by atoms with Gasteiger partial charge in [-0.2, -0.15) is 13.2 Å². The number of piperazine rings is 1. The van der Waals surface area contributed by atoms with Crippen molar-refractivity contribution in [2.24, 2.45) is 0 Å². The Morgan fingerprint density at radius 1 is 1.22 bits per heavy atom. The minimum atomic E-state index is -4.22. The van der Waals surface area contributed by atoms with Gasteiger partial charge in [-0.3, -0.25) is 9.80 Å². The summed E-state index contributed by atoms with van der Waals surface area (Å²) in [6, 6.07) is -0.743. The zero-order valence-corrected chi connectivity index (χ0v) is 14.1. The number of nitrogens with one attached hydrogen (secondary N) is 1. The predicted octanol–water partition coefficient (Wildman–Crippen LogP) is 1.75. The molecule has 0 aromatic rings. The Morgan fingerprint density at radius 3 is 2.26 bits per heavy atom. The van der Waals surface area contributed by atoms with Crippen LogP contribution in [0.15, 0.2) is 0 Å². The molecule has 1 saturated heterocycles. The predicted molar refractivity (Wildman–Crippen MR) is 82.3 cm³/mol. The summed E-state index contributed by atoms with van der Waals surface area (Å²) in [6.45, 7) is 4.98. The van der Waals surface area contributed by atoms with Crippen LogP contribution in [0.2, 0.25) is 0 Å². The molecule has 2 rings (SSSR count). The third-order valence-corrected chi connectivity index (χ3v) is 4.99. The van der Waals surface area contributed by atoms with E-state index in [1.807, 2.05) is 0 Å². The van der Waals surface area contributed by atoms with E-state index in [2.05, 4.69) is 24.2 Å². The fourth-order valence-electron chi connectivity index (χ4n) is 2.85. The second-order valence-corrected chi connectivity index (χ2v) is 6.67. The fourth-order valence-corrected chi connectivity index (χ4v) is 2.85. The molecule has 1 aliphatic heterocycles. The van der Waals surface area contributed by atoms with E-state index in [1.165, 1.54) is 24.7 Å². The maximum absolute atomic E-state index is 12.7. The molecule has 0 radical (unpaired) electrons. The Labute approximate surface area is 135 Å². The number of hydrogen-bond acceptors (Lipinski definition) is 3. The highest BCUT2D eigenvalue weighted by Gasteiger charge is 2.41. The van der Waals surface area contributed by atoms with Gasteiger partial charge in [0.15, 0.2) is 0 Å². The first-order valence-electron chi connectivity index (χ1n) is 8.25. The molecule has 2 atom stereocenters. The first-order valence-corrected chi connectivity index (χ1v) is 8.25. The number of likely N-dealkylation sites (N-methyl/N-ethyl adjacent to an activating group) is 1. The van der Waals surface area contributed by atoms with Gasteiger partial charge in [0.2, 0.25) is 0 Å². The number of carbonyl (C=O) groups is 1. The highest BCUT2D eigenvalue weighted by atomic mass is 19.4. The molecule has 2 unspecified atom stereocenters. The number of amides is 2. The van der Waals surface area contributed by atoms with Crippen LogP contribution in [0.1, 0.15) is 26.7 Å². The molecular weight excluding hydrogens is 309 g/mol. The Balaban J connectivity index is 1.71. The SMILES string of the molecule is CC(CNC(=O)N1CCN(C(C)C(F)(F)F)CC1)N(C)C1CC1. The van der Waals surface area contributed by atoms with Gasteiger partial charge in [-0.25, -0.2) is 4.79 Å². The van der Waals surface area contributed by atoms with Crippen molar-refractivity contribution in [3.63, 3.8) is 0 Å². The van der Waals surface area contributed by atoms with Crippen LogP contribution < -0.4 is 5.32 Å². The minimum Gasteiger partial charge on any atom is -0.336 e. The average Bonchev–Trinajstić information content (AvgIpc) is 3.34. The lowest BCUT2D eigenvalue weighted by molar-refractivity contribution is -0.181. The molecule has 134 valence electrons. The number of nitrogens with zero attached hydrogens (tertiary/aromatic N) is 3. The summed E-state index contributed by atoms with van der Waals surface area (Å²) in [6.07, 6.45) is -1.78. The third-order valence-electron chi connectivity index (χ3n) is 4.99. The summed E-state index contributed by atoms with van der Waals surface area (Å²) >= 11 is 0. The summed E-state index contributed by atoms with van der Waals surface area (Å²) in [5.74, 6) is 0. The molecule has 0 spiro atoms. The number of alkyl halides is 3. The number of carbonyl (C=O) groups excluding carboxylic acids is 1. The van der Waals surface area contributed by atoms with E-state index in [0.717, 1.165) is 0 Å². The van der Waals surface area contributed by atoms with Gasteiger partial charge in [-0.1, -0.05) is 0 Å².